The minimum absolute atomic E-state index is 0.0152. The van der Waals surface area contributed by atoms with Crippen LogP contribution in [0.25, 0.3) is 0 Å². The Morgan fingerprint density at radius 3 is 2.56 bits per heavy atom. The first-order valence-electron chi connectivity index (χ1n) is 8.22. The van der Waals surface area contributed by atoms with Gasteiger partial charge in [-0.25, -0.2) is 9.37 Å². The van der Waals surface area contributed by atoms with Crippen molar-refractivity contribution in [2.45, 2.75) is 25.7 Å². The van der Waals surface area contributed by atoms with Crippen molar-refractivity contribution in [2.75, 3.05) is 5.32 Å². The molecule has 128 valence electrons. The van der Waals surface area contributed by atoms with E-state index in [1.165, 1.54) is 29.0 Å². The molecule has 0 bridgehead atoms. The van der Waals surface area contributed by atoms with Crippen LogP contribution in [-0.2, 0) is 17.6 Å². The third-order valence-electron chi connectivity index (χ3n) is 3.80. The van der Waals surface area contributed by atoms with Gasteiger partial charge in [0, 0.05) is 23.9 Å². The van der Waals surface area contributed by atoms with E-state index in [1.54, 1.807) is 18.3 Å². The molecule has 3 aromatic rings. The van der Waals surface area contributed by atoms with Crippen molar-refractivity contribution in [3.63, 3.8) is 0 Å². The minimum atomic E-state index is -0.239. The van der Waals surface area contributed by atoms with Crippen LogP contribution < -0.4 is 5.32 Å². The van der Waals surface area contributed by atoms with Crippen LogP contribution in [0.2, 0.25) is 0 Å². The topological polar surface area (TPSA) is 42.0 Å². The van der Waals surface area contributed by atoms with E-state index in [1.807, 2.05) is 18.2 Å². The number of halogens is 1. The second-order valence-electron chi connectivity index (χ2n) is 5.82. The number of anilines is 1. The molecule has 0 spiro atoms. The zero-order valence-electron chi connectivity index (χ0n) is 13.7. The van der Waals surface area contributed by atoms with Gasteiger partial charge in [-0.05, 0) is 36.1 Å². The largest absolute Gasteiger partial charge is 0.302 e. The molecule has 5 heteroatoms. The van der Waals surface area contributed by atoms with Crippen molar-refractivity contribution in [3.8, 4) is 0 Å². The van der Waals surface area contributed by atoms with Crippen LogP contribution in [0.15, 0.2) is 60.8 Å². The molecule has 0 saturated heterocycles. The number of aryl methyl sites for hydroxylation is 1. The van der Waals surface area contributed by atoms with Gasteiger partial charge in [-0.3, -0.25) is 4.79 Å². The molecule has 0 aliphatic heterocycles. The molecule has 0 fully saturated rings. The van der Waals surface area contributed by atoms with Crippen LogP contribution in [0.3, 0.4) is 0 Å². The smallest absolute Gasteiger partial charge is 0.226 e. The van der Waals surface area contributed by atoms with Crippen molar-refractivity contribution in [2.24, 2.45) is 0 Å². The summed E-state index contributed by atoms with van der Waals surface area (Å²) in [5.41, 5.74) is 2.26. The quantitative estimate of drug-likeness (QED) is 0.660. The van der Waals surface area contributed by atoms with Gasteiger partial charge in [-0.15, -0.1) is 11.3 Å². The van der Waals surface area contributed by atoms with E-state index in [-0.39, 0.29) is 11.7 Å². The van der Waals surface area contributed by atoms with Crippen molar-refractivity contribution in [1.82, 2.24) is 4.98 Å². The molecule has 3 nitrogen and oxygen atoms in total. The van der Waals surface area contributed by atoms with E-state index in [0.717, 1.165) is 23.3 Å². The molecule has 0 radical (unpaired) electrons. The Bertz CT molecular complexity index is 815. The van der Waals surface area contributed by atoms with Crippen LogP contribution >= 0.6 is 11.3 Å². The monoisotopic (exact) mass is 354 g/mol. The number of amides is 1. The van der Waals surface area contributed by atoms with Crippen LogP contribution in [0.5, 0.6) is 0 Å². The number of aromatic nitrogens is 1. The van der Waals surface area contributed by atoms with Crippen LogP contribution in [0.1, 0.15) is 28.8 Å². The Hall–Kier alpha value is -2.53. The second-order valence-corrected chi connectivity index (χ2v) is 6.94. The van der Waals surface area contributed by atoms with Gasteiger partial charge in [0.15, 0.2) is 5.13 Å². The number of carbonyl (C=O) groups is 1. The Labute approximate surface area is 150 Å². The minimum Gasteiger partial charge on any atom is -0.302 e. The molecule has 1 aromatic heterocycles. The van der Waals surface area contributed by atoms with Crippen molar-refractivity contribution in [3.05, 3.63) is 82.6 Å². The Kier molecular flexibility index (Phi) is 5.90. The summed E-state index contributed by atoms with van der Waals surface area (Å²) in [6.45, 7) is 0. The highest BCUT2D eigenvalue weighted by atomic mass is 32.1. The summed E-state index contributed by atoms with van der Waals surface area (Å²) in [6.07, 6.45) is 4.61. The summed E-state index contributed by atoms with van der Waals surface area (Å²) in [4.78, 5) is 17.3. The summed E-state index contributed by atoms with van der Waals surface area (Å²) in [7, 11) is 0. The first-order valence-corrected chi connectivity index (χ1v) is 9.03. The molecule has 3 rings (SSSR count). The average Bonchev–Trinajstić information content (AvgIpc) is 3.05. The summed E-state index contributed by atoms with van der Waals surface area (Å²) in [5, 5.41) is 3.46. The van der Waals surface area contributed by atoms with Gasteiger partial charge in [-0.2, -0.15) is 0 Å². The van der Waals surface area contributed by atoms with Crippen molar-refractivity contribution < 1.29 is 9.18 Å². The van der Waals surface area contributed by atoms with Gasteiger partial charge in [0.25, 0.3) is 0 Å². The van der Waals surface area contributed by atoms with Crippen LogP contribution in [0.4, 0.5) is 9.52 Å². The lowest BCUT2D eigenvalue weighted by Crippen LogP contribution is -2.11. The standard InChI is InChI=1S/C20H19FN2OS/c21-17-11-9-16(10-12-17)13-18-14-22-20(25-18)23-19(24)8-4-7-15-5-2-1-3-6-15/h1-3,5-6,9-12,14H,4,7-8,13H2,(H,22,23,24). The molecule has 2 aromatic carbocycles. The highest BCUT2D eigenvalue weighted by molar-refractivity contribution is 7.15. The normalized spacial score (nSPS) is 10.6. The number of thiazole rings is 1. The van der Waals surface area contributed by atoms with Gasteiger partial charge in [0.2, 0.25) is 5.91 Å². The number of hydrogen-bond acceptors (Lipinski definition) is 3. The molecule has 1 N–H and O–H groups in total. The molecule has 0 unspecified atom stereocenters. The lowest BCUT2D eigenvalue weighted by atomic mass is 10.1. The van der Waals surface area contributed by atoms with E-state index >= 15 is 0 Å². The number of nitrogens with one attached hydrogen (secondary N) is 1. The zero-order chi connectivity index (χ0) is 17.5. The third kappa shape index (κ3) is 5.50. The summed E-state index contributed by atoms with van der Waals surface area (Å²) >= 11 is 1.45. The number of rotatable bonds is 7. The Balaban J connectivity index is 1.45. The fraction of sp³-hybridized carbons (Fsp3) is 0.200. The second kappa shape index (κ2) is 8.53. The fourth-order valence-corrected chi connectivity index (χ4v) is 3.39. The van der Waals surface area contributed by atoms with E-state index < -0.39 is 0 Å². The summed E-state index contributed by atoms with van der Waals surface area (Å²) in [6, 6.07) is 16.6. The predicted octanol–water partition coefficient (Wildman–Crippen LogP) is 4.83. The van der Waals surface area contributed by atoms with Crippen LogP contribution in [-0.4, -0.2) is 10.9 Å². The molecular weight excluding hydrogens is 335 g/mol. The maximum atomic E-state index is 12.9. The van der Waals surface area contributed by atoms with Gasteiger partial charge in [-0.1, -0.05) is 42.5 Å². The molecular formula is C20H19FN2OS. The summed E-state index contributed by atoms with van der Waals surface area (Å²) in [5.74, 6) is -0.255. The highest BCUT2D eigenvalue weighted by Gasteiger charge is 2.07. The van der Waals surface area contributed by atoms with Crippen molar-refractivity contribution >= 4 is 22.4 Å². The van der Waals surface area contributed by atoms with Gasteiger partial charge < -0.3 is 5.32 Å². The molecule has 1 amide bonds. The molecule has 0 aliphatic rings. The number of benzene rings is 2. The number of hydrogen-bond donors (Lipinski definition) is 1. The Morgan fingerprint density at radius 1 is 1.04 bits per heavy atom. The van der Waals surface area contributed by atoms with E-state index in [0.29, 0.717) is 18.0 Å². The van der Waals surface area contributed by atoms with E-state index in [9.17, 15) is 9.18 Å². The SMILES string of the molecule is O=C(CCCc1ccccc1)Nc1ncc(Cc2ccc(F)cc2)s1. The molecule has 0 atom stereocenters. The summed E-state index contributed by atoms with van der Waals surface area (Å²) < 4.78 is 12.9. The fourth-order valence-electron chi connectivity index (χ4n) is 2.53. The lowest BCUT2D eigenvalue weighted by Gasteiger charge is -2.02. The van der Waals surface area contributed by atoms with Gasteiger partial charge in [0.1, 0.15) is 5.82 Å². The lowest BCUT2D eigenvalue weighted by molar-refractivity contribution is -0.116. The Morgan fingerprint density at radius 2 is 1.80 bits per heavy atom. The molecule has 0 saturated carbocycles. The zero-order valence-corrected chi connectivity index (χ0v) is 14.6. The maximum absolute atomic E-state index is 12.9. The first-order chi connectivity index (χ1) is 12.2. The van der Waals surface area contributed by atoms with Gasteiger partial charge in [0.05, 0.1) is 0 Å². The highest BCUT2D eigenvalue weighted by Crippen LogP contribution is 2.21. The van der Waals surface area contributed by atoms with E-state index in [4.69, 9.17) is 0 Å². The maximum Gasteiger partial charge on any atom is 0.226 e. The third-order valence-corrected chi connectivity index (χ3v) is 4.72. The number of nitrogens with zero attached hydrogens (tertiary/aromatic N) is 1. The number of carbonyl (C=O) groups excluding carboxylic acids is 1. The molecule has 0 aliphatic carbocycles. The van der Waals surface area contributed by atoms with E-state index in [2.05, 4.69) is 22.4 Å². The van der Waals surface area contributed by atoms with Crippen LogP contribution in [0, 0.1) is 5.82 Å². The molecule has 1 heterocycles. The predicted molar refractivity (Wildman–Crippen MR) is 99.3 cm³/mol. The first kappa shape index (κ1) is 17.3. The average molecular weight is 354 g/mol. The van der Waals surface area contributed by atoms with Gasteiger partial charge >= 0.3 is 0 Å². The molecule has 25 heavy (non-hydrogen) atoms. The van der Waals surface area contributed by atoms with Crippen molar-refractivity contribution in [1.29, 1.82) is 0 Å².